The van der Waals surface area contributed by atoms with Gasteiger partial charge in [-0.3, -0.25) is 0 Å². The van der Waals surface area contributed by atoms with Gasteiger partial charge >= 0.3 is 5.97 Å². The summed E-state index contributed by atoms with van der Waals surface area (Å²) in [5.41, 5.74) is 2.69. The first kappa shape index (κ1) is 20.9. The quantitative estimate of drug-likeness (QED) is 0.568. The van der Waals surface area contributed by atoms with Crippen LogP contribution >= 0.6 is 12.2 Å². The van der Waals surface area contributed by atoms with Crippen LogP contribution in [0.1, 0.15) is 47.8 Å². The zero-order valence-corrected chi connectivity index (χ0v) is 18.1. The molecule has 7 heteroatoms. The third kappa shape index (κ3) is 4.62. The molecule has 1 atom stereocenters. The van der Waals surface area contributed by atoms with E-state index in [1.54, 1.807) is 19.2 Å². The van der Waals surface area contributed by atoms with Crippen LogP contribution < -0.4 is 20.1 Å². The van der Waals surface area contributed by atoms with E-state index in [2.05, 4.69) is 24.5 Å². The van der Waals surface area contributed by atoms with Crippen molar-refractivity contribution in [1.29, 1.82) is 0 Å². The van der Waals surface area contributed by atoms with Crippen molar-refractivity contribution in [2.24, 2.45) is 0 Å². The number of methoxy groups -OCH3 is 2. The Kier molecular flexibility index (Phi) is 5.98. The maximum Gasteiger partial charge on any atom is 0.338 e. The van der Waals surface area contributed by atoms with Crippen LogP contribution in [-0.2, 0) is 4.74 Å². The highest BCUT2D eigenvalue weighted by Crippen LogP contribution is 2.41. The molecule has 1 heterocycles. The molecule has 0 amide bonds. The minimum Gasteiger partial charge on any atom is -0.497 e. The summed E-state index contributed by atoms with van der Waals surface area (Å²) in [6, 6.07) is 11.1. The lowest BCUT2D eigenvalue weighted by atomic mass is 9.89. The smallest absolute Gasteiger partial charge is 0.338 e. The molecule has 2 aromatic rings. The minimum absolute atomic E-state index is 0.0482. The van der Waals surface area contributed by atoms with E-state index in [9.17, 15) is 4.79 Å². The lowest BCUT2D eigenvalue weighted by Gasteiger charge is -2.38. The number of thiocarbonyl (C=S) groups is 1. The number of hydrogen-bond donors (Lipinski definition) is 2. The number of fused-ring (bicyclic) bond motifs is 1. The third-order valence-electron chi connectivity index (χ3n) is 4.97. The second-order valence-electron chi connectivity index (χ2n) is 7.59. The van der Waals surface area contributed by atoms with Crippen LogP contribution in [0.5, 0.6) is 11.5 Å². The molecule has 2 aromatic carbocycles. The highest BCUT2D eigenvalue weighted by atomic mass is 32.1. The van der Waals surface area contributed by atoms with Gasteiger partial charge in [-0.05, 0) is 68.9 Å². The molecule has 0 radical (unpaired) electrons. The van der Waals surface area contributed by atoms with Crippen molar-refractivity contribution in [3.63, 3.8) is 0 Å². The predicted molar refractivity (Wildman–Crippen MR) is 117 cm³/mol. The first-order chi connectivity index (χ1) is 13.7. The van der Waals surface area contributed by atoms with E-state index in [1.165, 1.54) is 7.11 Å². The average Bonchev–Trinajstić information content (AvgIpc) is 2.68. The topological polar surface area (TPSA) is 68.8 Å². The summed E-state index contributed by atoms with van der Waals surface area (Å²) in [5, 5.41) is 7.06. The van der Waals surface area contributed by atoms with Crippen molar-refractivity contribution in [2.45, 2.75) is 38.8 Å². The van der Waals surface area contributed by atoms with Gasteiger partial charge in [-0.2, -0.15) is 0 Å². The Morgan fingerprint density at radius 1 is 1.24 bits per heavy atom. The summed E-state index contributed by atoms with van der Waals surface area (Å²) < 4.78 is 16.3. The van der Waals surface area contributed by atoms with Crippen LogP contribution in [0.3, 0.4) is 0 Å². The van der Waals surface area contributed by atoms with Gasteiger partial charge in [0.25, 0.3) is 0 Å². The molecule has 3 rings (SSSR count). The number of anilines is 1. The molecule has 0 saturated heterocycles. The zero-order valence-electron chi connectivity index (χ0n) is 17.3. The molecule has 6 nitrogen and oxygen atoms in total. The summed E-state index contributed by atoms with van der Waals surface area (Å²) in [6.07, 6.45) is 0.732. The van der Waals surface area contributed by atoms with Crippen LogP contribution in [-0.4, -0.2) is 30.9 Å². The van der Waals surface area contributed by atoms with Gasteiger partial charge < -0.3 is 24.8 Å². The van der Waals surface area contributed by atoms with Gasteiger partial charge in [0.05, 0.1) is 25.8 Å². The van der Waals surface area contributed by atoms with Gasteiger partial charge in [0.2, 0.25) is 0 Å². The van der Waals surface area contributed by atoms with Crippen molar-refractivity contribution in [3.8, 4) is 11.5 Å². The Labute approximate surface area is 176 Å². The fraction of sp³-hybridized carbons (Fsp3) is 0.364. The highest BCUT2D eigenvalue weighted by Gasteiger charge is 2.34. The molecule has 2 N–H and O–H groups in total. The Morgan fingerprint density at radius 3 is 2.69 bits per heavy atom. The molecular weight excluding hydrogens is 388 g/mol. The van der Waals surface area contributed by atoms with E-state index in [4.69, 9.17) is 26.4 Å². The molecule has 29 heavy (non-hydrogen) atoms. The minimum atomic E-state index is -0.378. The molecular formula is C22H26N2O4S. The van der Waals surface area contributed by atoms with Crippen molar-refractivity contribution < 1.29 is 19.0 Å². The maximum absolute atomic E-state index is 11.9. The first-order valence-electron chi connectivity index (χ1n) is 9.36. The molecule has 0 fully saturated rings. The molecule has 1 aliphatic heterocycles. The number of carbonyl (C=O) groups excluding carboxylic acids is 1. The van der Waals surface area contributed by atoms with Gasteiger partial charge in [-0.25, -0.2) is 4.79 Å². The van der Waals surface area contributed by atoms with Crippen LogP contribution in [0.15, 0.2) is 36.4 Å². The third-order valence-corrected chi connectivity index (χ3v) is 5.19. The largest absolute Gasteiger partial charge is 0.497 e. The van der Waals surface area contributed by atoms with Gasteiger partial charge in [0, 0.05) is 17.7 Å². The first-order valence-corrected chi connectivity index (χ1v) is 9.77. The SMILES string of the molecule is COC(=O)c1cccc(NC(=S)N[C@H]2CC(C)(C)Oc3ccc(OC)cc32)c1C. The van der Waals surface area contributed by atoms with Crippen molar-refractivity contribution in [2.75, 3.05) is 19.5 Å². The lowest BCUT2D eigenvalue weighted by molar-refractivity contribution is 0.0599. The van der Waals surface area contributed by atoms with Crippen molar-refractivity contribution in [1.82, 2.24) is 5.32 Å². The average molecular weight is 415 g/mol. The van der Waals surface area contributed by atoms with Gasteiger partial charge in [-0.15, -0.1) is 0 Å². The summed E-state index contributed by atoms with van der Waals surface area (Å²) in [5.74, 6) is 1.20. The van der Waals surface area contributed by atoms with E-state index in [-0.39, 0.29) is 17.6 Å². The molecule has 0 spiro atoms. The Hall–Kier alpha value is -2.80. The number of ether oxygens (including phenoxy) is 3. The van der Waals surface area contributed by atoms with E-state index in [1.807, 2.05) is 31.2 Å². The van der Waals surface area contributed by atoms with Crippen molar-refractivity contribution >= 4 is 29.0 Å². The summed E-state index contributed by atoms with van der Waals surface area (Å²) in [4.78, 5) is 11.9. The summed E-state index contributed by atoms with van der Waals surface area (Å²) >= 11 is 5.57. The lowest BCUT2D eigenvalue weighted by Crippen LogP contribution is -2.42. The molecule has 0 aliphatic carbocycles. The molecule has 0 bridgehead atoms. The fourth-order valence-corrected chi connectivity index (χ4v) is 3.76. The van der Waals surface area contributed by atoms with E-state index in [0.717, 1.165) is 34.7 Å². The fourth-order valence-electron chi connectivity index (χ4n) is 3.51. The van der Waals surface area contributed by atoms with E-state index < -0.39 is 0 Å². The van der Waals surface area contributed by atoms with E-state index >= 15 is 0 Å². The molecule has 0 unspecified atom stereocenters. The number of esters is 1. The van der Waals surface area contributed by atoms with Crippen LogP contribution in [0, 0.1) is 6.92 Å². The molecule has 0 aromatic heterocycles. The summed E-state index contributed by atoms with van der Waals surface area (Å²) in [7, 11) is 3.01. The number of rotatable bonds is 4. The Morgan fingerprint density at radius 2 is 2.00 bits per heavy atom. The highest BCUT2D eigenvalue weighted by molar-refractivity contribution is 7.80. The molecule has 1 aliphatic rings. The van der Waals surface area contributed by atoms with Gasteiger partial charge in [-0.1, -0.05) is 6.07 Å². The second-order valence-corrected chi connectivity index (χ2v) is 8.00. The normalized spacial score (nSPS) is 16.8. The molecule has 154 valence electrons. The van der Waals surface area contributed by atoms with Gasteiger partial charge in [0.15, 0.2) is 5.11 Å². The summed E-state index contributed by atoms with van der Waals surface area (Å²) in [6.45, 7) is 5.96. The zero-order chi connectivity index (χ0) is 21.2. The molecule has 0 saturated carbocycles. The predicted octanol–water partition coefficient (Wildman–Crippen LogP) is 4.38. The Balaban J connectivity index is 1.82. The van der Waals surface area contributed by atoms with Crippen LogP contribution in [0.25, 0.3) is 0 Å². The number of hydrogen-bond acceptors (Lipinski definition) is 5. The van der Waals surface area contributed by atoms with Crippen LogP contribution in [0.4, 0.5) is 5.69 Å². The number of benzene rings is 2. The Bertz CT molecular complexity index is 942. The monoisotopic (exact) mass is 414 g/mol. The number of carbonyl (C=O) groups is 1. The number of nitrogens with one attached hydrogen (secondary N) is 2. The standard InChI is InChI=1S/C22H26N2O4S/c1-13-15(20(25)27-5)7-6-8-17(13)23-21(29)24-18-12-22(2,3)28-19-10-9-14(26-4)11-16(18)19/h6-11,18H,12H2,1-5H3,(H2,23,24,29)/t18-/m0/s1. The van der Waals surface area contributed by atoms with E-state index in [0.29, 0.717) is 10.7 Å². The van der Waals surface area contributed by atoms with Crippen LogP contribution in [0.2, 0.25) is 0 Å². The second kappa shape index (κ2) is 8.29. The van der Waals surface area contributed by atoms with Gasteiger partial charge in [0.1, 0.15) is 17.1 Å². The maximum atomic E-state index is 11.9. The van der Waals surface area contributed by atoms with Crippen molar-refractivity contribution in [3.05, 3.63) is 53.1 Å².